The second-order valence-electron chi connectivity index (χ2n) is 7.39. The summed E-state index contributed by atoms with van der Waals surface area (Å²) in [6.07, 6.45) is 6.32. The molecule has 1 aliphatic carbocycles. The van der Waals surface area contributed by atoms with E-state index in [0.717, 1.165) is 31.4 Å². The Balaban J connectivity index is 1.35. The Morgan fingerprint density at radius 3 is 2.79 bits per heavy atom. The molecule has 1 fully saturated rings. The second kappa shape index (κ2) is 8.46. The van der Waals surface area contributed by atoms with Crippen molar-refractivity contribution in [1.82, 2.24) is 15.0 Å². The summed E-state index contributed by atoms with van der Waals surface area (Å²) in [5, 5.41) is 3.91. The van der Waals surface area contributed by atoms with Gasteiger partial charge in [0.15, 0.2) is 11.5 Å². The van der Waals surface area contributed by atoms with E-state index in [0.29, 0.717) is 31.9 Å². The molecule has 7 nitrogen and oxygen atoms in total. The minimum Gasteiger partial charge on any atom is -0.486 e. The quantitative estimate of drug-likeness (QED) is 0.742. The van der Waals surface area contributed by atoms with Gasteiger partial charge in [-0.05, 0) is 55.4 Å². The molecule has 1 aromatic carbocycles. The molecule has 1 aromatic heterocycles. The zero-order valence-corrected chi connectivity index (χ0v) is 15.9. The van der Waals surface area contributed by atoms with Gasteiger partial charge in [0, 0.05) is 32.2 Å². The normalized spacial score (nSPS) is 17.0. The molecule has 0 radical (unpaired) electrons. The topological polar surface area (TPSA) is 75.9 Å². The Hall–Kier alpha value is -2.83. The summed E-state index contributed by atoms with van der Waals surface area (Å²) in [7, 11) is 0. The summed E-state index contributed by atoms with van der Waals surface area (Å²) >= 11 is 0. The fourth-order valence-electron chi connectivity index (χ4n) is 3.84. The van der Waals surface area contributed by atoms with E-state index in [1.165, 1.54) is 24.0 Å². The van der Waals surface area contributed by atoms with E-state index in [2.05, 4.69) is 17.3 Å². The predicted octanol–water partition coefficient (Wildman–Crippen LogP) is 2.44. The monoisotopic (exact) mass is 383 g/mol. The number of fused-ring (bicyclic) bond motifs is 1. The molecule has 1 aliphatic heterocycles. The van der Waals surface area contributed by atoms with Crippen LogP contribution < -0.4 is 4.74 Å². The van der Waals surface area contributed by atoms with Crippen molar-refractivity contribution in [2.75, 3.05) is 26.2 Å². The van der Waals surface area contributed by atoms with Crippen molar-refractivity contribution in [2.24, 2.45) is 0 Å². The van der Waals surface area contributed by atoms with Crippen molar-refractivity contribution in [3.05, 3.63) is 46.8 Å². The van der Waals surface area contributed by atoms with Gasteiger partial charge in [-0.1, -0.05) is 11.2 Å². The van der Waals surface area contributed by atoms with Crippen LogP contribution in [0.2, 0.25) is 0 Å². The molecule has 7 heteroatoms. The van der Waals surface area contributed by atoms with Crippen molar-refractivity contribution in [2.45, 2.75) is 38.7 Å². The zero-order chi connectivity index (χ0) is 19.3. The maximum Gasteiger partial charge on any atom is 0.276 e. The molecule has 0 N–H and O–H groups in total. The lowest BCUT2D eigenvalue weighted by Crippen LogP contribution is -2.35. The van der Waals surface area contributed by atoms with Crippen LogP contribution in [0.1, 0.15) is 46.6 Å². The molecule has 0 saturated carbocycles. The van der Waals surface area contributed by atoms with E-state index in [9.17, 15) is 9.59 Å². The smallest absolute Gasteiger partial charge is 0.276 e. The number of hydrogen-bond acceptors (Lipinski definition) is 5. The standard InChI is InChI=1S/C21H25N3O4/c25-15-23-8-3-9-24(11-10-23)21(26)20-13-19(28-22-20)14-27-18-7-6-16-4-1-2-5-17(16)12-18/h6-7,12-13,15H,1-5,8-11,14H2. The molecule has 0 bridgehead atoms. The van der Waals surface area contributed by atoms with Gasteiger partial charge in [0.2, 0.25) is 6.41 Å². The lowest BCUT2D eigenvalue weighted by Gasteiger charge is -2.18. The molecule has 0 spiro atoms. The summed E-state index contributed by atoms with van der Waals surface area (Å²) in [6, 6.07) is 7.87. The largest absolute Gasteiger partial charge is 0.486 e. The highest BCUT2D eigenvalue weighted by atomic mass is 16.5. The Kier molecular flexibility index (Phi) is 5.60. The highest BCUT2D eigenvalue weighted by Crippen LogP contribution is 2.26. The van der Waals surface area contributed by atoms with Crippen LogP contribution in [0, 0.1) is 0 Å². The third-order valence-corrected chi connectivity index (χ3v) is 5.45. The second-order valence-corrected chi connectivity index (χ2v) is 7.39. The number of amides is 2. The van der Waals surface area contributed by atoms with Gasteiger partial charge in [0.25, 0.3) is 5.91 Å². The molecular formula is C21H25N3O4. The summed E-state index contributed by atoms with van der Waals surface area (Å²) in [5.74, 6) is 1.16. The van der Waals surface area contributed by atoms with Crippen molar-refractivity contribution in [1.29, 1.82) is 0 Å². The maximum absolute atomic E-state index is 12.7. The molecule has 2 amide bonds. The summed E-state index contributed by atoms with van der Waals surface area (Å²) in [5.41, 5.74) is 3.06. The fourth-order valence-corrected chi connectivity index (χ4v) is 3.84. The van der Waals surface area contributed by atoms with Crippen molar-refractivity contribution < 1.29 is 18.8 Å². The van der Waals surface area contributed by atoms with E-state index in [1.54, 1.807) is 15.9 Å². The molecule has 0 atom stereocenters. The van der Waals surface area contributed by atoms with Crippen LogP contribution in [0.3, 0.4) is 0 Å². The van der Waals surface area contributed by atoms with Crippen LogP contribution in [0.25, 0.3) is 0 Å². The number of hydrogen-bond donors (Lipinski definition) is 0. The van der Waals surface area contributed by atoms with Gasteiger partial charge in [-0.15, -0.1) is 0 Å². The molecule has 28 heavy (non-hydrogen) atoms. The van der Waals surface area contributed by atoms with Gasteiger partial charge >= 0.3 is 0 Å². The molecule has 0 unspecified atom stereocenters. The average molecular weight is 383 g/mol. The fraction of sp³-hybridized carbons (Fsp3) is 0.476. The summed E-state index contributed by atoms with van der Waals surface area (Å²) in [6.45, 7) is 2.56. The Labute approximate surface area is 164 Å². The Morgan fingerprint density at radius 2 is 1.93 bits per heavy atom. The van der Waals surface area contributed by atoms with E-state index in [-0.39, 0.29) is 18.2 Å². The molecule has 148 valence electrons. The maximum atomic E-state index is 12.7. The van der Waals surface area contributed by atoms with Crippen molar-refractivity contribution in [3.8, 4) is 5.75 Å². The van der Waals surface area contributed by atoms with Crippen LogP contribution in [0.5, 0.6) is 5.75 Å². The number of benzene rings is 1. The van der Waals surface area contributed by atoms with Crippen LogP contribution in [-0.4, -0.2) is 53.5 Å². The third-order valence-electron chi connectivity index (χ3n) is 5.45. The van der Waals surface area contributed by atoms with Gasteiger partial charge in [-0.25, -0.2) is 0 Å². The summed E-state index contributed by atoms with van der Waals surface area (Å²) < 4.78 is 11.1. The number of aromatic nitrogens is 1. The van der Waals surface area contributed by atoms with Crippen LogP contribution in [-0.2, 0) is 24.2 Å². The minimum absolute atomic E-state index is 0.170. The number of ether oxygens (including phenoxy) is 1. The van der Waals surface area contributed by atoms with Gasteiger partial charge < -0.3 is 19.1 Å². The Morgan fingerprint density at radius 1 is 1.07 bits per heavy atom. The number of nitrogens with zero attached hydrogens (tertiary/aromatic N) is 3. The first kappa shape index (κ1) is 18.5. The number of aryl methyl sites for hydroxylation is 2. The molecule has 4 rings (SSSR count). The number of carbonyl (C=O) groups excluding carboxylic acids is 2. The Bertz CT molecular complexity index is 848. The zero-order valence-electron chi connectivity index (χ0n) is 15.9. The number of rotatable bonds is 5. The molecule has 2 heterocycles. The lowest BCUT2D eigenvalue weighted by molar-refractivity contribution is -0.118. The van der Waals surface area contributed by atoms with E-state index in [1.807, 2.05) is 6.07 Å². The lowest BCUT2D eigenvalue weighted by atomic mass is 9.92. The van der Waals surface area contributed by atoms with Crippen LogP contribution in [0.15, 0.2) is 28.8 Å². The molecule has 1 saturated heterocycles. The van der Waals surface area contributed by atoms with E-state index in [4.69, 9.17) is 9.26 Å². The van der Waals surface area contributed by atoms with Gasteiger partial charge in [0.05, 0.1) is 0 Å². The van der Waals surface area contributed by atoms with Gasteiger partial charge in [-0.2, -0.15) is 0 Å². The third kappa shape index (κ3) is 4.18. The first-order chi connectivity index (χ1) is 13.7. The minimum atomic E-state index is -0.170. The highest BCUT2D eigenvalue weighted by Gasteiger charge is 2.22. The highest BCUT2D eigenvalue weighted by molar-refractivity contribution is 5.92. The number of carbonyl (C=O) groups is 2. The average Bonchev–Trinajstić information content (AvgIpc) is 3.08. The molecule has 2 aromatic rings. The molecule has 2 aliphatic rings. The van der Waals surface area contributed by atoms with Crippen molar-refractivity contribution >= 4 is 12.3 Å². The van der Waals surface area contributed by atoms with Gasteiger partial charge in [-0.3, -0.25) is 9.59 Å². The summed E-state index contributed by atoms with van der Waals surface area (Å²) in [4.78, 5) is 27.0. The predicted molar refractivity (Wildman–Crippen MR) is 102 cm³/mol. The van der Waals surface area contributed by atoms with Crippen LogP contribution in [0.4, 0.5) is 0 Å². The van der Waals surface area contributed by atoms with E-state index < -0.39 is 0 Å². The van der Waals surface area contributed by atoms with E-state index >= 15 is 0 Å². The van der Waals surface area contributed by atoms with Crippen LogP contribution >= 0.6 is 0 Å². The molecular weight excluding hydrogens is 358 g/mol. The van der Waals surface area contributed by atoms with Gasteiger partial charge in [0.1, 0.15) is 12.4 Å². The van der Waals surface area contributed by atoms with Crippen molar-refractivity contribution in [3.63, 3.8) is 0 Å². The first-order valence-electron chi connectivity index (χ1n) is 9.92. The first-order valence-corrected chi connectivity index (χ1v) is 9.92. The SMILES string of the molecule is O=CN1CCCN(C(=O)c2cc(COc3ccc4c(c3)CCCC4)on2)CC1.